The predicted molar refractivity (Wildman–Crippen MR) is 94.7 cm³/mol. The largest absolute Gasteiger partial charge is 0.486 e. The monoisotopic (exact) mass is 368 g/mol. The minimum atomic E-state index is -0.310. The molecule has 5 nitrogen and oxygen atoms in total. The van der Waals surface area contributed by atoms with E-state index in [1.165, 1.54) is 12.1 Å². The lowest BCUT2D eigenvalue weighted by Gasteiger charge is -2.31. The molecule has 1 aromatic carbocycles. The van der Waals surface area contributed by atoms with Crippen molar-refractivity contribution >= 4 is 18.3 Å². The number of nitrogens with one attached hydrogen (secondary N) is 1. The minimum Gasteiger partial charge on any atom is -0.486 e. The Kier molecular flexibility index (Phi) is 6.84. The van der Waals surface area contributed by atoms with Gasteiger partial charge in [-0.15, -0.1) is 12.4 Å². The Morgan fingerprint density at radius 3 is 2.56 bits per heavy atom. The summed E-state index contributed by atoms with van der Waals surface area (Å²) in [6.45, 7) is 1.65. The van der Waals surface area contributed by atoms with Gasteiger partial charge in [0.1, 0.15) is 23.9 Å². The summed E-state index contributed by atoms with van der Waals surface area (Å²) in [5.74, 6) is 1.05. The highest BCUT2D eigenvalue weighted by Crippen LogP contribution is 2.18. The van der Waals surface area contributed by atoms with Crippen LogP contribution in [0.4, 0.5) is 4.39 Å². The maximum absolute atomic E-state index is 12.8. The number of benzene rings is 1. The van der Waals surface area contributed by atoms with Gasteiger partial charge in [-0.05, 0) is 56.3 Å². The van der Waals surface area contributed by atoms with Gasteiger partial charge in [-0.1, -0.05) is 0 Å². The van der Waals surface area contributed by atoms with Crippen LogP contribution in [0.15, 0.2) is 40.8 Å². The lowest BCUT2D eigenvalue weighted by Crippen LogP contribution is -2.43. The standard InChI is InChI=1S/C18H21FN2O3.ClH/c1-20-14-8-10-21(11-9-14)18(22)17-7-6-16(24-17)12-23-15-4-2-13(19)3-5-15;/h2-7,14,20H,8-12H2,1H3;1H. The van der Waals surface area contributed by atoms with E-state index >= 15 is 0 Å². The normalized spacial score (nSPS) is 14.9. The quantitative estimate of drug-likeness (QED) is 0.880. The Morgan fingerprint density at radius 2 is 1.92 bits per heavy atom. The third-order valence-corrected chi connectivity index (χ3v) is 4.26. The fourth-order valence-electron chi connectivity index (χ4n) is 2.78. The number of hydrogen-bond acceptors (Lipinski definition) is 4. The molecule has 0 bridgehead atoms. The van der Waals surface area contributed by atoms with Crippen molar-refractivity contribution < 1.29 is 18.3 Å². The van der Waals surface area contributed by atoms with Crippen LogP contribution in [0.2, 0.25) is 0 Å². The summed E-state index contributed by atoms with van der Waals surface area (Å²) in [6, 6.07) is 9.66. The maximum Gasteiger partial charge on any atom is 0.289 e. The van der Waals surface area contributed by atoms with Gasteiger partial charge in [-0.25, -0.2) is 4.39 Å². The molecule has 1 saturated heterocycles. The summed E-state index contributed by atoms with van der Waals surface area (Å²) in [4.78, 5) is 14.3. The number of carbonyl (C=O) groups excluding carboxylic acids is 1. The van der Waals surface area contributed by atoms with Crippen molar-refractivity contribution in [2.75, 3.05) is 20.1 Å². The Balaban J connectivity index is 0.00000225. The third-order valence-electron chi connectivity index (χ3n) is 4.26. The summed E-state index contributed by atoms with van der Waals surface area (Å²) in [7, 11) is 1.95. The van der Waals surface area contributed by atoms with Crippen LogP contribution in [0.1, 0.15) is 29.2 Å². The second kappa shape index (κ2) is 8.87. The summed E-state index contributed by atoms with van der Waals surface area (Å²) < 4.78 is 24.0. The number of halogens is 2. The number of amides is 1. The molecular formula is C18H22ClFN2O3. The molecule has 0 atom stereocenters. The Bertz CT molecular complexity index is 682. The van der Waals surface area contributed by atoms with Gasteiger partial charge in [-0.2, -0.15) is 0 Å². The summed E-state index contributed by atoms with van der Waals surface area (Å²) in [5.41, 5.74) is 0. The van der Waals surface area contributed by atoms with Gasteiger partial charge in [0.2, 0.25) is 0 Å². The molecule has 0 saturated carbocycles. The number of nitrogens with zero attached hydrogens (tertiary/aromatic N) is 1. The van der Waals surface area contributed by atoms with Crippen LogP contribution in [0.3, 0.4) is 0 Å². The molecule has 3 rings (SSSR count). The zero-order chi connectivity index (χ0) is 16.9. The van der Waals surface area contributed by atoms with Crippen molar-refractivity contribution in [1.29, 1.82) is 0 Å². The fraction of sp³-hybridized carbons (Fsp3) is 0.389. The smallest absolute Gasteiger partial charge is 0.289 e. The molecule has 1 amide bonds. The summed E-state index contributed by atoms with van der Waals surface area (Å²) in [5, 5.41) is 3.24. The molecule has 136 valence electrons. The van der Waals surface area contributed by atoms with Crippen LogP contribution in [-0.4, -0.2) is 37.0 Å². The lowest BCUT2D eigenvalue weighted by atomic mass is 10.1. The molecule has 0 unspecified atom stereocenters. The number of rotatable bonds is 5. The Morgan fingerprint density at radius 1 is 1.24 bits per heavy atom. The molecule has 2 aromatic rings. The molecular weight excluding hydrogens is 347 g/mol. The van der Waals surface area contributed by atoms with Gasteiger partial charge in [-0.3, -0.25) is 4.79 Å². The van der Waals surface area contributed by atoms with Crippen LogP contribution in [0.25, 0.3) is 0 Å². The first-order chi connectivity index (χ1) is 11.7. The van der Waals surface area contributed by atoms with E-state index in [1.807, 2.05) is 11.9 Å². The van der Waals surface area contributed by atoms with Crippen molar-refractivity contribution in [3.8, 4) is 5.75 Å². The van der Waals surface area contributed by atoms with Crippen LogP contribution in [-0.2, 0) is 6.61 Å². The first kappa shape index (κ1) is 19.3. The lowest BCUT2D eigenvalue weighted by molar-refractivity contribution is 0.0671. The van der Waals surface area contributed by atoms with Gasteiger partial charge >= 0.3 is 0 Å². The molecule has 0 spiro atoms. The zero-order valence-electron chi connectivity index (χ0n) is 14.0. The van der Waals surface area contributed by atoms with Crippen LogP contribution in [0, 0.1) is 5.82 Å². The average Bonchev–Trinajstić information content (AvgIpc) is 3.10. The fourth-order valence-corrected chi connectivity index (χ4v) is 2.78. The molecule has 1 fully saturated rings. The Labute approximate surface area is 152 Å². The number of carbonyl (C=O) groups is 1. The van der Waals surface area contributed by atoms with E-state index in [2.05, 4.69) is 5.32 Å². The topological polar surface area (TPSA) is 54.7 Å². The molecule has 1 aliphatic rings. The maximum atomic E-state index is 12.8. The number of hydrogen-bond donors (Lipinski definition) is 1. The number of furan rings is 1. The highest BCUT2D eigenvalue weighted by molar-refractivity contribution is 5.91. The van der Waals surface area contributed by atoms with Crippen molar-refractivity contribution in [3.63, 3.8) is 0 Å². The number of ether oxygens (including phenoxy) is 1. The van der Waals surface area contributed by atoms with Crippen LogP contribution in [0.5, 0.6) is 5.75 Å². The third kappa shape index (κ3) is 4.96. The van der Waals surface area contributed by atoms with Gasteiger partial charge in [0.25, 0.3) is 5.91 Å². The molecule has 25 heavy (non-hydrogen) atoms. The summed E-state index contributed by atoms with van der Waals surface area (Å²) >= 11 is 0. The molecule has 1 aromatic heterocycles. The minimum absolute atomic E-state index is 0. The van der Waals surface area contributed by atoms with Gasteiger partial charge in [0, 0.05) is 19.1 Å². The first-order valence-electron chi connectivity index (χ1n) is 8.09. The van der Waals surface area contributed by atoms with Gasteiger partial charge in [0.05, 0.1) is 0 Å². The van der Waals surface area contributed by atoms with Gasteiger partial charge in [0.15, 0.2) is 5.76 Å². The van der Waals surface area contributed by atoms with E-state index in [0.29, 0.717) is 23.3 Å². The molecule has 0 aliphatic carbocycles. The van der Waals surface area contributed by atoms with Crippen LogP contribution >= 0.6 is 12.4 Å². The second-order valence-electron chi connectivity index (χ2n) is 5.86. The van der Waals surface area contributed by atoms with Crippen molar-refractivity contribution in [1.82, 2.24) is 10.2 Å². The molecule has 2 heterocycles. The highest BCUT2D eigenvalue weighted by Gasteiger charge is 2.24. The van der Waals surface area contributed by atoms with Crippen molar-refractivity contribution in [3.05, 3.63) is 53.7 Å². The van der Waals surface area contributed by atoms with E-state index < -0.39 is 0 Å². The van der Waals surface area contributed by atoms with E-state index in [4.69, 9.17) is 9.15 Å². The van der Waals surface area contributed by atoms with E-state index in [9.17, 15) is 9.18 Å². The van der Waals surface area contributed by atoms with Crippen molar-refractivity contribution in [2.24, 2.45) is 0 Å². The molecule has 7 heteroatoms. The van der Waals surface area contributed by atoms with Crippen molar-refractivity contribution in [2.45, 2.75) is 25.5 Å². The molecule has 1 aliphatic heterocycles. The number of likely N-dealkylation sites (tertiary alicyclic amines) is 1. The Hall–Kier alpha value is -2.05. The zero-order valence-corrected chi connectivity index (χ0v) is 14.9. The number of piperidine rings is 1. The highest BCUT2D eigenvalue weighted by atomic mass is 35.5. The SMILES string of the molecule is CNC1CCN(C(=O)c2ccc(COc3ccc(F)cc3)o2)CC1.Cl. The molecule has 1 N–H and O–H groups in total. The summed E-state index contributed by atoms with van der Waals surface area (Å²) in [6.07, 6.45) is 1.90. The van der Waals surface area contributed by atoms with Gasteiger partial charge < -0.3 is 19.4 Å². The van der Waals surface area contributed by atoms with E-state index in [1.54, 1.807) is 24.3 Å². The predicted octanol–water partition coefficient (Wildman–Crippen LogP) is 3.24. The van der Waals surface area contributed by atoms with E-state index in [0.717, 1.165) is 25.9 Å². The molecule has 0 radical (unpaired) electrons. The second-order valence-corrected chi connectivity index (χ2v) is 5.86. The average molecular weight is 369 g/mol. The van der Waals surface area contributed by atoms with E-state index in [-0.39, 0.29) is 30.7 Å². The first-order valence-corrected chi connectivity index (χ1v) is 8.09. The van der Waals surface area contributed by atoms with Crippen LogP contribution < -0.4 is 10.1 Å².